The van der Waals surface area contributed by atoms with Gasteiger partial charge in [-0.15, -0.1) is 0 Å². The maximum Gasteiger partial charge on any atom is 0.433 e. The molecular formula is C22H16F3N3O4. The SMILES string of the molecule is COc1ccc(-c2cc(C(F)(F)F)n3ncc(C(=O)Oc4ccccc4)c3n2)cc1OC. The maximum absolute atomic E-state index is 13.8. The lowest BCUT2D eigenvalue weighted by Gasteiger charge is -2.13. The molecule has 164 valence electrons. The molecule has 0 aliphatic carbocycles. The van der Waals surface area contributed by atoms with E-state index in [0.717, 1.165) is 12.3 Å². The number of aromatic nitrogens is 3. The molecule has 7 nitrogen and oxygen atoms in total. The second-order valence-electron chi connectivity index (χ2n) is 6.59. The van der Waals surface area contributed by atoms with Crippen molar-refractivity contribution in [3.8, 4) is 28.5 Å². The number of rotatable bonds is 5. The molecule has 0 aliphatic heterocycles. The average Bonchev–Trinajstić information content (AvgIpc) is 3.22. The quantitative estimate of drug-likeness (QED) is 0.330. The van der Waals surface area contributed by atoms with Crippen LogP contribution in [0.5, 0.6) is 17.2 Å². The predicted octanol–water partition coefficient (Wildman–Crippen LogP) is 4.65. The van der Waals surface area contributed by atoms with Gasteiger partial charge in [0.1, 0.15) is 11.3 Å². The number of hydrogen-bond acceptors (Lipinski definition) is 6. The largest absolute Gasteiger partial charge is 0.493 e. The van der Waals surface area contributed by atoms with Crippen LogP contribution in [0.3, 0.4) is 0 Å². The molecule has 4 rings (SSSR count). The van der Waals surface area contributed by atoms with E-state index < -0.39 is 17.8 Å². The van der Waals surface area contributed by atoms with Crippen LogP contribution in [0.1, 0.15) is 16.1 Å². The number of halogens is 3. The zero-order valence-corrected chi connectivity index (χ0v) is 16.9. The second-order valence-corrected chi connectivity index (χ2v) is 6.59. The number of ether oxygens (including phenoxy) is 3. The van der Waals surface area contributed by atoms with Crippen LogP contribution >= 0.6 is 0 Å². The number of hydrogen-bond donors (Lipinski definition) is 0. The van der Waals surface area contributed by atoms with Crippen molar-refractivity contribution in [2.24, 2.45) is 0 Å². The topological polar surface area (TPSA) is 75.0 Å². The molecule has 0 amide bonds. The number of nitrogens with zero attached hydrogens (tertiary/aromatic N) is 3. The van der Waals surface area contributed by atoms with E-state index in [1.807, 2.05) is 0 Å². The van der Waals surface area contributed by atoms with Gasteiger partial charge in [0.25, 0.3) is 0 Å². The molecule has 2 aromatic carbocycles. The van der Waals surface area contributed by atoms with Crippen molar-refractivity contribution in [3.05, 3.63) is 72.1 Å². The first-order valence-electron chi connectivity index (χ1n) is 9.27. The van der Waals surface area contributed by atoms with Crippen molar-refractivity contribution in [2.45, 2.75) is 6.18 Å². The first-order valence-corrected chi connectivity index (χ1v) is 9.27. The number of methoxy groups -OCH3 is 2. The molecule has 4 aromatic rings. The highest BCUT2D eigenvalue weighted by Gasteiger charge is 2.36. The smallest absolute Gasteiger partial charge is 0.433 e. The summed E-state index contributed by atoms with van der Waals surface area (Å²) in [5, 5.41) is 3.73. The lowest BCUT2D eigenvalue weighted by atomic mass is 10.1. The summed E-state index contributed by atoms with van der Waals surface area (Å²) >= 11 is 0. The standard InChI is InChI=1S/C22H16F3N3O4/c1-30-17-9-8-13(10-18(17)31-2)16-11-19(22(23,24)25)28-20(27-16)15(12-26-28)21(29)32-14-6-4-3-5-7-14/h3-12H,1-2H3. The lowest BCUT2D eigenvalue weighted by Crippen LogP contribution is -2.15. The summed E-state index contributed by atoms with van der Waals surface area (Å²) in [4.78, 5) is 16.9. The van der Waals surface area contributed by atoms with Crippen LogP contribution in [0.15, 0.2) is 60.8 Å². The lowest BCUT2D eigenvalue weighted by molar-refractivity contribution is -0.142. The zero-order chi connectivity index (χ0) is 22.9. The number of benzene rings is 2. The molecular weight excluding hydrogens is 427 g/mol. The van der Waals surface area contributed by atoms with Crippen LogP contribution in [-0.2, 0) is 6.18 Å². The Hall–Kier alpha value is -4.08. The van der Waals surface area contributed by atoms with Gasteiger partial charge in [-0.05, 0) is 36.4 Å². The molecule has 0 atom stereocenters. The Labute approximate surface area is 180 Å². The minimum absolute atomic E-state index is 0.0277. The number of carbonyl (C=O) groups excluding carboxylic acids is 1. The van der Waals surface area contributed by atoms with Gasteiger partial charge in [-0.25, -0.2) is 14.3 Å². The fourth-order valence-electron chi connectivity index (χ4n) is 3.10. The van der Waals surface area contributed by atoms with Gasteiger partial charge in [0.15, 0.2) is 22.8 Å². The summed E-state index contributed by atoms with van der Waals surface area (Å²) < 4.78 is 57.6. The second kappa shape index (κ2) is 8.22. The average molecular weight is 443 g/mol. The molecule has 32 heavy (non-hydrogen) atoms. The van der Waals surface area contributed by atoms with E-state index in [0.29, 0.717) is 21.6 Å². The Morgan fingerprint density at radius 3 is 2.34 bits per heavy atom. The molecule has 0 fully saturated rings. The molecule has 0 saturated heterocycles. The summed E-state index contributed by atoms with van der Waals surface area (Å²) in [5.41, 5.74) is -1.28. The molecule has 0 spiro atoms. The third kappa shape index (κ3) is 3.94. The van der Waals surface area contributed by atoms with E-state index in [2.05, 4.69) is 10.1 Å². The molecule has 0 radical (unpaired) electrons. The van der Waals surface area contributed by atoms with Crippen LogP contribution in [0.4, 0.5) is 13.2 Å². The summed E-state index contributed by atoms with van der Waals surface area (Å²) in [7, 11) is 2.86. The molecule has 0 aliphatic rings. The summed E-state index contributed by atoms with van der Waals surface area (Å²) in [6, 6.07) is 13.6. The number of carbonyl (C=O) groups is 1. The van der Waals surface area contributed by atoms with Crippen molar-refractivity contribution >= 4 is 11.6 Å². The number of fused-ring (bicyclic) bond motifs is 1. The minimum atomic E-state index is -4.75. The summed E-state index contributed by atoms with van der Waals surface area (Å²) in [6.07, 6.45) is -3.75. The molecule has 2 heterocycles. The zero-order valence-electron chi connectivity index (χ0n) is 16.9. The first-order chi connectivity index (χ1) is 15.3. The van der Waals surface area contributed by atoms with E-state index in [-0.39, 0.29) is 22.7 Å². The molecule has 0 bridgehead atoms. The number of alkyl halides is 3. The molecule has 10 heteroatoms. The Bertz CT molecular complexity index is 1290. The normalized spacial score (nSPS) is 11.4. The minimum Gasteiger partial charge on any atom is -0.493 e. The Kier molecular flexibility index (Phi) is 5.43. The van der Waals surface area contributed by atoms with Crippen LogP contribution in [0, 0.1) is 0 Å². The van der Waals surface area contributed by atoms with E-state index >= 15 is 0 Å². The highest BCUT2D eigenvalue weighted by Crippen LogP contribution is 2.35. The van der Waals surface area contributed by atoms with Gasteiger partial charge in [-0.3, -0.25) is 0 Å². The van der Waals surface area contributed by atoms with Gasteiger partial charge in [-0.2, -0.15) is 18.3 Å². The van der Waals surface area contributed by atoms with Crippen molar-refractivity contribution < 1.29 is 32.2 Å². The molecule has 0 unspecified atom stereocenters. The van der Waals surface area contributed by atoms with Crippen molar-refractivity contribution in [1.82, 2.24) is 14.6 Å². The molecule has 0 saturated carbocycles. The van der Waals surface area contributed by atoms with Crippen LogP contribution in [0.25, 0.3) is 16.9 Å². The molecule has 2 aromatic heterocycles. The van der Waals surface area contributed by atoms with Crippen LogP contribution in [-0.4, -0.2) is 34.8 Å². The van der Waals surface area contributed by atoms with Gasteiger partial charge in [-0.1, -0.05) is 18.2 Å². The fourth-order valence-corrected chi connectivity index (χ4v) is 3.10. The Balaban J connectivity index is 1.86. The maximum atomic E-state index is 13.8. The first kappa shape index (κ1) is 21.2. The monoisotopic (exact) mass is 443 g/mol. The third-order valence-electron chi connectivity index (χ3n) is 4.62. The predicted molar refractivity (Wildman–Crippen MR) is 108 cm³/mol. The van der Waals surface area contributed by atoms with Crippen LogP contribution < -0.4 is 14.2 Å². The van der Waals surface area contributed by atoms with E-state index in [1.54, 1.807) is 42.5 Å². The van der Waals surface area contributed by atoms with Crippen LogP contribution in [0.2, 0.25) is 0 Å². The van der Waals surface area contributed by atoms with Crippen molar-refractivity contribution in [3.63, 3.8) is 0 Å². The third-order valence-corrected chi connectivity index (χ3v) is 4.62. The summed E-state index contributed by atoms with van der Waals surface area (Å²) in [5.74, 6) is 0.0857. The van der Waals surface area contributed by atoms with E-state index in [9.17, 15) is 18.0 Å². The molecule has 0 N–H and O–H groups in total. The van der Waals surface area contributed by atoms with Gasteiger partial charge < -0.3 is 14.2 Å². The van der Waals surface area contributed by atoms with Gasteiger partial charge in [0, 0.05) is 5.56 Å². The van der Waals surface area contributed by atoms with Crippen molar-refractivity contribution in [2.75, 3.05) is 14.2 Å². The summed E-state index contributed by atoms with van der Waals surface area (Å²) in [6.45, 7) is 0. The Morgan fingerprint density at radius 2 is 1.69 bits per heavy atom. The van der Waals surface area contributed by atoms with Crippen molar-refractivity contribution in [1.29, 1.82) is 0 Å². The van der Waals surface area contributed by atoms with Gasteiger partial charge in [0.05, 0.1) is 26.1 Å². The Morgan fingerprint density at radius 1 is 0.969 bits per heavy atom. The van der Waals surface area contributed by atoms with Gasteiger partial charge in [0.2, 0.25) is 0 Å². The fraction of sp³-hybridized carbons (Fsp3) is 0.136. The highest BCUT2D eigenvalue weighted by molar-refractivity contribution is 5.97. The number of esters is 1. The highest BCUT2D eigenvalue weighted by atomic mass is 19.4. The number of para-hydroxylation sites is 1. The van der Waals surface area contributed by atoms with E-state index in [4.69, 9.17) is 14.2 Å². The van der Waals surface area contributed by atoms with E-state index in [1.165, 1.54) is 20.3 Å². The van der Waals surface area contributed by atoms with Gasteiger partial charge >= 0.3 is 12.1 Å².